The molecule has 3 nitrogen and oxygen atoms in total. The first-order chi connectivity index (χ1) is 10.8. The van der Waals surface area contributed by atoms with Crippen LogP contribution in [0, 0.1) is 5.82 Å². The minimum absolute atomic E-state index is 0.303. The number of aromatic nitrogens is 1. The Kier molecular flexibility index (Phi) is 5.13. The zero-order valence-corrected chi connectivity index (χ0v) is 13.3. The molecule has 114 valence electrons. The molecular formula is C16H14FNO2S2. The maximum atomic E-state index is 13.4. The van der Waals surface area contributed by atoms with E-state index in [1.54, 1.807) is 47.6 Å². The lowest BCUT2D eigenvalue weighted by molar-refractivity contribution is 0.325. The van der Waals surface area contributed by atoms with Gasteiger partial charge in [-0.3, -0.25) is 0 Å². The SMILES string of the molecule is Fc1ccccc1OCCSCc1csc(-c2ccco2)n1. The number of hydrogen-bond donors (Lipinski definition) is 0. The van der Waals surface area contributed by atoms with E-state index in [1.165, 1.54) is 6.07 Å². The number of benzene rings is 1. The third-order valence-corrected chi connectivity index (χ3v) is 4.72. The average molecular weight is 335 g/mol. The van der Waals surface area contributed by atoms with Crippen LogP contribution in [0.5, 0.6) is 5.75 Å². The van der Waals surface area contributed by atoms with Gasteiger partial charge in [0.1, 0.15) is 0 Å². The Morgan fingerprint density at radius 2 is 2.14 bits per heavy atom. The lowest BCUT2D eigenvalue weighted by atomic mass is 10.3. The quantitative estimate of drug-likeness (QED) is 0.578. The van der Waals surface area contributed by atoms with Crippen LogP contribution in [0.3, 0.4) is 0 Å². The summed E-state index contributed by atoms with van der Waals surface area (Å²) in [4.78, 5) is 4.53. The first-order valence-corrected chi connectivity index (χ1v) is 8.80. The van der Waals surface area contributed by atoms with Crippen LogP contribution in [-0.2, 0) is 5.75 Å². The van der Waals surface area contributed by atoms with E-state index in [-0.39, 0.29) is 5.82 Å². The van der Waals surface area contributed by atoms with Gasteiger partial charge in [-0.05, 0) is 24.3 Å². The Morgan fingerprint density at radius 1 is 1.23 bits per heavy atom. The van der Waals surface area contributed by atoms with Crippen molar-refractivity contribution >= 4 is 23.1 Å². The normalized spacial score (nSPS) is 10.8. The highest BCUT2D eigenvalue weighted by Gasteiger charge is 2.07. The fourth-order valence-electron chi connectivity index (χ4n) is 1.84. The van der Waals surface area contributed by atoms with Crippen molar-refractivity contribution < 1.29 is 13.5 Å². The Balaban J connectivity index is 1.41. The van der Waals surface area contributed by atoms with E-state index in [0.717, 1.165) is 28.0 Å². The summed E-state index contributed by atoms with van der Waals surface area (Å²) in [6.45, 7) is 0.473. The highest BCUT2D eigenvalue weighted by atomic mass is 32.2. The van der Waals surface area contributed by atoms with Gasteiger partial charge in [0, 0.05) is 16.9 Å². The van der Waals surface area contributed by atoms with Crippen LogP contribution in [0.25, 0.3) is 10.8 Å². The zero-order chi connectivity index (χ0) is 15.2. The van der Waals surface area contributed by atoms with E-state index in [2.05, 4.69) is 4.98 Å². The largest absolute Gasteiger partial charge is 0.490 e. The number of rotatable bonds is 7. The summed E-state index contributed by atoms with van der Waals surface area (Å²) in [5.74, 6) is 2.36. The van der Waals surface area contributed by atoms with Gasteiger partial charge < -0.3 is 9.15 Å². The van der Waals surface area contributed by atoms with Gasteiger partial charge in [0.25, 0.3) is 0 Å². The summed E-state index contributed by atoms with van der Waals surface area (Å²) in [5.41, 5.74) is 1.02. The van der Waals surface area contributed by atoms with Crippen LogP contribution in [0.1, 0.15) is 5.69 Å². The molecule has 0 fully saturated rings. The summed E-state index contributed by atoms with van der Waals surface area (Å²) >= 11 is 3.28. The number of furan rings is 1. The molecule has 0 amide bonds. The summed E-state index contributed by atoms with van der Waals surface area (Å²) in [7, 11) is 0. The van der Waals surface area contributed by atoms with Crippen molar-refractivity contribution in [1.82, 2.24) is 4.98 Å². The van der Waals surface area contributed by atoms with E-state index in [0.29, 0.717) is 12.4 Å². The second-order valence-electron chi connectivity index (χ2n) is 4.45. The number of para-hydroxylation sites is 1. The zero-order valence-electron chi connectivity index (χ0n) is 11.7. The molecule has 22 heavy (non-hydrogen) atoms. The van der Waals surface area contributed by atoms with Crippen molar-refractivity contribution in [1.29, 1.82) is 0 Å². The number of thiazole rings is 1. The van der Waals surface area contributed by atoms with E-state index >= 15 is 0 Å². The third kappa shape index (κ3) is 3.90. The van der Waals surface area contributed by atoms with Crippen LogP contribution in [0.4, 0.5) is 4.39 Å². The molecule has 0 aliphatic carbocycles. The van der Waals surface area contributed by atoms with Crippen LogP contribution >= 0.6 is 23.1 Å². The molecule has 3 rings (SSSR count). The van der Waals surface area contributed by atoms with Crippen molar-refractivity contribution in [3.8, 4) is 16.5 Å². The van der Waals surface area contributed by atoms with Crippen molar-refractivity contribution in [2.45, 2.75) is 5.75 Å². The van der Waals surface area contributed by atoms with E-state index in [4.69, 9.17) is 9.15 Å². The van der Waals surface area contributed by atoms with Gasteiger partial charge in [-0.1, -0.05) is 12.1 Å². The molecule has 0 radical (unpaired) electrons. The van der Waals surface area contributed by atoms with Crippen LogP contribution in [0.15, 0.2) is 52.5 Å². The molecule has 2 aromatic heterocycles. The fraction of sp³-hybridized carbons (Fsp3) is 0.188. The molecule has 0 N–H and O–H groups in total. The predicted octanol–water partition coefficient (Wildman–Crippen LogP) is 4.85. The Bertz CT molecular complexity index is 713. The van der Waals surface area contributed by atoms with Crippen molar-refractivity contribution in [3.05, 3.63) is 59.6 Å². The van der Waals surface area contributed by atoms with Crippen LogP contribution in [-0.4, -0.2) is 17.3 Å². The first-order valence-electron chi connectivity index (χ1n) is 6.76. The van der Waals surface area contributed by atoms with Crippen molar-refractivity contribution in [2.75, 3.05) is 12.4 Å². The number of thioether (sulfide) groups is 1. The van der Waals surface area contributed by atoms with Gasteiger partial charge >= 0.3 is 0 Å². The smallest absolute Gasteiger partial charge is 0.165 e. The second kappa shape index (κ2) is 7.47. The molecule has 0 aliphatic heterocycles. The average Bonchev–Trinajstić information content (AvgIpc) is 3.19. The number of nitrogens with zero attached hydrogens (tertiary/aromatic N) is 1. The predicted molar refractivity (Wildman–Crippen MR) is 87.9 cm³/mol. The summed E-state index contributed by atoms with van der Waals surface area (Å²) in [6, 6.07) is 10.2. The molecule has 0 unspecified atom stereocenters. The lowest BCUT2D eigenvalue weighted by Crippen LogP contribution is -2.01. The standard InChI is InChI=1S/C16H14FNO2S2/c17-13-4-1-2-5-14(13)20-8-9-21-10-12-11-22-16(18-12)15-6-3-7-19-15/h1-7,11H,8-10H2. The van der Waals surface area contributed by atoms with Crippen LogP contribution in [0.2, 0.25) is 0 Å². The molecule has 0 aliphatic rings. The molecule has 2 heterocycles. The van der Waals surface area contributed by atoms with Gasteiger partial charge in [0.15, 0.2) is 22.3 Å². The molecule has 3 aromatic rings. The Morgan fingerprint density at radius 3 is 2.95 bits per heavy atom. The molecule has 1 aromatic carbocycles. The Hall–Kier alpha value is -1.79. The van der Waals surface area contributed by atoms with Gasteiger partial charge in [0.05, 0.1) is 18.6 Å². The number of hydrogen-bond acceptors (Lipinski definition) is 5. The van der Waals surface area contributed by atoms with E-state index < -0.39 is 0 Å². The van der Waals surface area contributed by atoms with Gasteiger partial charge in [-0.25, -0.2) is 9.37 Å². The molecule has 6 heteroatoms. The molecule has 0 spiro atoms. The summed E-state index contributed by atoms with van der Waals surface area (Å²) in [5, 5.41) is 2.92. The van der Waals surface area contributed by atoms with Gasteiger partial charge in [-0.15, -0.1) is 11.3 Å². The molecule has 0 saturated carbocycles. The summed E-state index contributed by atoms with van der Waals surface area (Å²) < 4.78 is 24.1. The number of ether oxygens (including phenoxy) is 1. The minimum atomic E-state index is -0.324. The highest BCUT2D eigenvalue weighted by molar-refractivity contribution is 7.98. The Labute approximate surface area is 136 Å². The topological polar surface area (TPSA) is 35.3 Å². The van der Waals surface area contributed by atoms with Crippen LogP contribution < -0.4 is 4.74 Å². The minimum Gasteiger partial charge on any atom is -0.490 e. The maximum absolute atomic E-state index is 13.4. The molecule has 0 atom stereocenters. The van der Waals surface area contributed by atoms with Crippen molar-refractivity contribution in [3.63, 3.8) is 0 Å². The van der Waals surface area contributed by atoms with E-state index in [1.807, 2.05) is 17.5 Å². The summed E-state index contributed by atoms with van der Waals surface area (Å²) in [6.07, 6.45) is 1.64. The molecule has 0 bridgehead atoms. The first kappa shape index (κ1) is 15.1. The second-order valence-corrected chi connectivity index (χ2v) is 6.42. The molecular weight excluding hydrogens is 321 g/mol. The maximum Gasteiger partial charge on any atom is 0.165 e. The monoisotopic (exact) mass is 335 g/mol. The number of halogens is 1. The highest BCUT2D eigenvalue weighted by Crippen LogP contribution is 2.25. The lowest BCUT2D eigenvalue weighted by Gasteiger charge is -2.06. The van der Waals surface area contributed by atoms with Gasteiger partial charge in [-0.2, -0.15) is 11.8 Å². The fourth-order valence-corrected chi connectivity index (χ4v) is 3.43. The molecule has 0 saturated heterocycles. The van der Waals surface area contributed by atoms with E-state index in [9.17, 15) is 4.39 Å². The van der Waals surface area contributed by atoms with Gasteiger partial charge in [0.2, 0.25) is 0 Å². The van der Waals surface area contributed by atoms with Crippen molar-refractivity contribution in [2.24, 2.45) is 0 Å². The third-order valence-electron chi connectivity index (χ3n) is 2.86.